The van der Waals surface area contributed by atoms with Crippen molar-refractivity contribution in [2.75, 3.05) is 0 Å². The Labute approximate surface area is 92.8 Å². The van der Waals surface area contributed by atoms with Gasteiger partial charge in [0.05, 0.1) is 0 Å². The maximum Gasteiger partial charge on any atom is 0.0462 e. The number of nitrogens with two attached hydrogens (primary N) is 1. The second-order valence-electron chi connectivity index (χ2n) is 4.44. The summed E-state index contributed by atoms with van der Waals surface area (Å²) in [5.41, 5.74) is 5.54. The van der Waals surface area contributed by atoms with E-state index in [-0.39, 0.29) is 6.04 Å². The van der Waals surface area contributed by atoms with Gasteiger partial charge in [-0.3, -0.25) is 11.3 Å². The first-order chi connectivity index (χ1) is 7.17. The van der Waals surface area contributed by atoms with E-state index in [1.54, 1.807) is 0 Å². The molecule has 0 saturated heterocycles. The van der Waals surface area contributed by atoms with Gasteiger partial charge in [0.1, 0.15) is 0 Å². The molecule has 15 heavy (non-hydrogen) atoms. The van der Waals surface area contributed by atoms with Gasteiger partial charge in [0.2, 0.25) is 0 Å². The third-order valence-corrected chi connectivity index (χ3v) is 2.70. The maximum absolute atomic E-state index is 5.57. The van der Waals surface area contributed by atoms with E-state index in [9.17, 15) is 0 Å². The zero-order chi connectivity index (χ0) is 11.3. The maximum atomic E-state index is 5.57. The Bertz CT molecular complexity index is 277. The number of rotatable bonds is 5. The van der Waals surface area contributed by atoms with E-state index in [1.165, 1.54) is 11.1 Å². The van der Waals surface area contributed by atoms with Crippen molar-refractivity contribution in [2.24, 2.45) is 11.8 Å². The smallest absolute Gasteiger partial charge is 0.0462 e. The molecule has 1 atom stereocenters. The molecule has 0 aliphatic carbocycles. The molecule has 0 fully saturated rings. The fourth-order valence-corrected chi connectivity index (χ4v) is 1.76. The van der Waals surface area contributed by atoms with Crippen molar-refractivity contribution < 1.29 is 0 Å². The molecule has 1 unspecified atom stereocenters. The lowest BCUT2D eigenvalue weighted by atomic mass is 9.96. The second-order valence-corrected chi connectivity index (χ2v) is 4.44. The molecule has 2 heteroatoms. The fourth-order valence-electron chi connectivity index (χ4n) is 1.76. The molecule has 0 heterocycles. The van der Waals surface area contributed by atoms with Gasteiger partial charge in [0.25, 0.3) is 0 Å². The van der Waals surface area contributed by atoms with Gasteiger partial charge in [-0.1, -0.05) is 45.0 Å². The summed E-state index contributed by atoms with van der Waals surface area (Å²) in [6.07, 6.45) is 2.16. The first kappa shape index (κ1) is 12.2. The molecule has 0 aliphatic rings. The minimum atomic E-state index is 0.274. The minimum Gasteiger partial charge on any atom is -0.271 e. The summed E-state index contributed by atoms with van der Waals surface area (Å²) in [5, 5.41) is 0. The number of hydrogen-bond donors (Lipinski definition) is 2. The van der Waals surface area contributed by atoms with Crippen molar-refractivity contribution in [3.05, 3.63) is 35.4 Å². The topological polar surface area (TPSA) is 38.0 Å². The highest BCUT2D eigenvalue weighted by molar-refractivity contribution is 5.24. The Morgan fingerprint density at radius 3 is 2.20 bits per heavy atom. The van der Waals surface area contributed by atoms with Crippen LogP contribution in [0.2, 0.25) is 0 Å². The zero-order valence-corrected chi connectivity index (χ0v) is 9.96. The lowest BCUT2D eigenvalue weighted by molar-refractivity contribution is 0.438. The van der Waals surface area contributed by atoms with Crippen LogP contribution in [0.15, 0.2) is 24.3 Å². The Morgan fingerprint density at radius 2 is 1.80 bits per heavy atom. The Balaban J connectivity index is 2.74. The number of benzene rings is 1. The highest BCUT2D eigenvalue weighted by Gasteiger charge is 2.10. The van der Waals surface area contributed by atoms with Gasteiger partial charge < -0.3 is 0 Å². The van der Waals surface area contributed by atoms with E-state index < -0.39 is 0 Å². The van der Waals surface area contributed by atoms with E-state index >= 15 is 0 Å². The molecule has 1 aromatic rings. The summed E-state index contributed by atoms with van der Waals surface area (Å²) in [7, 11) is 0. The zero-order valence-electron chi connectivity index (χ0n) is 9.96. The average molecular weight is 206 g/mol. The molecule has 3 N–H and O–H groups in total. The van der Waals surface area contributed by atoms with Crippen LogP contribution >= 0.6 is 0 Å². The summed E-state index contributed by atoms with van der Waals surface area (Å²) < 4.78 is 0. The lowest BCUT2D eigenvalue weighted by Crippen LogP contribution is -2.29. The molecule has 0 bridgehead atoms. The third kappa shape index (κ3) is 3.65. The summed E-state index contributed by atoms with van der Waals surface area (Å²) in [6, 6.07) is 8.98. The van der Waals surface area contributed by atoms with E-state index in [0.29, 0.717) is 5.92 Å². The third-order valence-electron chi connectivity index (χ3n) is 2.70. The number of nitrogens with one attached hydrogen (secondary N) is 1. The largest absolute Gasteiger partial charge is 0.271 e. The predicted octanol–water partition coefficient (Wildman–Crippen LogP) is 2.80. The van der Waals surface area contributed by atoms with Crippen LogP contribution in [0.25, 0.3) is 0 Å². The van der Waals surface area contributed by atoms with Crippen LogP contribution in [0.4, 0.5) is 0 Å². The summed E-state index contributed by atoms with van der Waals surface area (Å²) in [5.74, 6) is 6.22. The van der Waals surface area contributed by atoms with E-state index in [2.05, 4.69) is 50.5 Å². The molecular weight excluding hydrogens is 184 g/mol. The molecule has 0 spiro atoms. The van der Waals surface area contributed by atoms with Crippen molar-refractivity contribution in [3.63, 3.8) is 0 Å². The van der Waals surface area contributed by atoms with Crippen molar-refractivity contribution in [1.29, 1.82) is 0 Å². The summed E-state index contributed by atoms with van der Waals surface area (Å²) >= 11 is 0. The minimum absolute atomic E-state index is 0.274. The van der Waals surface area contributed by atoms with Crippen LogP contribution < -0.4 is 11.3 Å². The van der Waals surface area contributed by atoms with Gasteiger partial charge in [0.15, 0.2) is 0 Å². The van der Waals surface area contributed by atoms with Gasteiger partial charge in [-0.25, -0.2) is 0 Å². The van der Waals surface area contributed by atoms with Crippen LogP contribution in [0, 0.1) is 5.92 Å². The monoisotopic (exact) mass is 206 g/mol. The van der Waals surface area contributed by atoms with Crippen molar-refractivity contribution in [1.82, 2.24) is 5.43 Å². The summed E-state index contributed by atoms with van der Waals surface area (Å²) in [4.78, 5) is 0. The van der Waals surface area contributed by atoms with Crippen LogP contribution in [-0.4, -0.2) is 0 Å². The van der Waals surface area contributed by atoms with Gasteiger partial charge in [-0.15, -0.1) is 0 Å². The van der Waals surface area contributed by atoms with Gasteiger partial charge in [-0.05, 0) is 29.9 Å². The van der Waals surface area contributed by atoms with Crippen LogP contribution in [0.5, 0.6) is 0 Å². The molecule has 0 radical (unpaired) electrons. The molecular formula is C13H22N2. The normalized spacial score (nSPS) is 13.1. The number of aryl methyl sites for hydroxylation is 1. The van der Waals surface area contributed by atoms with Gasteiger partial charge in [-0.2, -0.15) is 0 Å². The van der Waals surface area contributed by atoms with Gasteiger partial charge >= 0.3 is 0 Å². The molecule has 0 aromatic heterocycles. The molecule has 0 amide bonds. The second kappa shape index (κ2) is 5.89. The van der Waals surface area contributed by atoms with Crippen molar-refractivity contribution >= 4 is 0 Å². The molecule has 0 aliphatic heterocycles. The Hall–Kier alpha value is -0.860. The van der Waals surface area contributed by atoms with E-state index in [4.69, 9.17) is 5.84 Å². The highest BCUT2D eigenvalue weighted by Crippen LogP contribution is 2.20. The molecule has 1 aromatic carbocycles. The van der Waals surface area contributed by atoms with E-state index in [1.807, 2.05) is 0 Å². The standard InChI is InChI=1S/C13H22N2/c1-4-11-5-7-12(8-6-11)13(15-14)9-10(2)3/h5-8,10,13,15H,4,9,14H2,1-3H3. The quantitative estimate of drug-likeness (QED) is 0.574. The SMILES string of the molecule is CCc1ccc(C(CC(C)C)NN)cc1. The predicted molar refractivity (Wildman–Crippen MR) is 65.3 cm³/mol. The van der Waals surface area contributed by atoms with Crippen LogP contribution in [0.1, 0.15) is 44.4 Å². The van der Waals surface area contributed by atoms with Crippen LogP contribution in [-0.2, 0) is 6.42 Å². The first-order valence-corrected chi connectivity index (χ1v) is 5.72. The average Bonchev–Trinajstić information content (AvgIpc) is 2.26. The van der Waals surface area contributed by atoms with Crippen molar-refractivity contribution in [2.45, 2.75) is 39.7 Å². The highest BCUT2D eigenvalue weighted by atomic mass is 15.2. The number of hydrogen-bond acceptors (Lipinski definition) is 2. The Kier molecular flexibility index (Phi) is 4.79. The number of hydrazine groups is 1. The van der Waals surface area contributed by atoms with E-state index in [0.717, 1.165) is 12.8 Å². The Morgan fingerprint density at radius 1 is 1.20 bits per heavy atom. The van der Waals surface area contributed by atoms with Gasteiger partial charge in [0, 0.05) is 6.04 Å². The fraction of sp³-hybridized carbons (Fsp3) is 0.538. The molecule has 0 saturated carbocycles. The molecule has 84 valence electrons. The summed E-state index contributed by atoms with van der Waals surface area (Å²) in [6.45, 7) is 6.59. The first-order valence-electron chi connectivity index (χ1n) is 5.72. The lowest BCUT2D eigenvalue weighted by Gasteiger charge is -2.18. The van der Waals surface area contributed by atoms with Crippen LogP contribution in [0.3, 0.4) is 0 Å². The van der Waals surface area contributed by atoms with Crippen molar-refractivity contribution in [3.8, 4) is 0 Å². The molecule has 2 nitrogen and oxygen atoms in total. The molecule has 1 rings (SSSR count).